The molecule has 1 aromatic carbocycles. The minimum atomic E-state index is 0.0841. The van der Waals surface area contributed by atoms with Crippen LogP contribution in [0.2, 0.25) is 0 Å². The number of unbranched alkanes of at least 4 members (excludes halogenated alkanes) is 1. The molecule has 6 heteroatoms. The maximum Gasteiger partial charge on any atom is 0.256 e. The first-order valence-electron chi connectivity index (χ1n) is 9.19. The molecule has 1 unspecified atom stereocenters. The van der Waals surface area contributed by atoms with Gasteiger partial charge in [-0.05, 0) is 38.4 Å². The summed E-state index contributed by atoms with van der Waals surface area (Å²) in [5.74, 6) is 0.0841. The molecule has 1 fully saturated rings. The molecule has 134 valence electrons. The van der Waals surface area contributed by atoms with Gasteiger partial charge in [-0.3, -0.25) is 4.79 Å². The Balaban J connectivity index is 1.94. The van der Waals surface area contributed by atoms with Crippen LogP contribution in [0.3, 0.4) is 0 Å². The van der Waals surface area contributed by atoms with Gasteiger partial charge in [0.1, 0.15) is 0 Å². The van der Waals surface area contributed by atoms with Gasteiger partial charge in [0.15, 0.2) is 0 Å². The summed E-state index contributed by atoms with van der Waals surface area (Å²) < 4.78 is 0. The maximum atomic E-state index is 13.4. The number of aromatic nitrogens is 3. The third-order valence-corrected chi connectivity index (χ3v) is 4.79. The van der Waals surface area contributed by atoms with Crippen molar-refractivity contribution >= 4 is 5.91 Å². The highest BCUT2D eigenvalue weighted by Crippen LogP contribution is 2.22. The molecule has 0 saturated carbocycles. The zero-order valence-electron chi connectivity index (χ0n) is 15.1. The topological polar surface area (TPSA) is 63.1 Å². The van der Waals surface area contributed by atoms with Crippen molar-refractivity contribution in [3.8, 4) is 5.69 Å². The molecule has 3 rings (SSSR count). The summed E-state index contributed by atoms with van der Waals surface area (Å²) in [7, 11) is 0. The SMILES string of the molecule is CCCCC1CCNCCN1C(=O)c1cc(C)ccc1-n1nccn1. The summed E-state index contributed by atoms with van der Waals surface area (Å²) in [6.07, 6.45) is 7.63. The molecule has 0 radical (unpaired) electrons. The Morgan fingerprint density at radius 3 is 2.84 bits per heavy atom. The van der Waals surface area contributed by atoms with Crippen molar-refractivity contribution in [1.29, 1.82) is 0 Å². The van der Waals surface area contributed by atoms with E-state index in [4.69, 9.17) is 0 Å². The summed E-state index contributed by atoms with van der Waals surface area (Å²) >= 11 is 0. The van der Waals surface area contributed by atoms with Crippen molar-refractivity contribution < 1.29 is 4.79 Å². The Morgan fingerprint density at radius 2 is 2.08 bits per heavy atom. The molecule has 1 amide bonds. The van der Waals surface area contributed by atoms with E-state index in [9.17, 15) is 4.79 Å². The molecule has 1 aromatic heterocycles. The molecule has 25 heavy (non-hydrogen) atoms. The van der Waals surface area contributed by atoms with E-state index in [1.165, 1.54) is 4.80 Å². The van der Waals surface area contributed by atoms with E-state index < -0.39 is 0 Å². The number of aryl methyl sites for hydroxylation is 1. The average molecular weight is 341 g/mol. The number of carbonyl (C=O) groups is 1. The van der Waals surface area contributed by atoms with Crippen molar-refractivity contribution in [2.24, 2.45) is 0 Å². The Labute approximate surface area is 149 Å². The van der Waals surface area contributed by atoms with Gasteiger partial charge in [-0.15, -0.1) is 0 Å². The number of hydrogen-bond acceptors (Lipinski definition) is 4. The van der Waals surface area contributed by atoms with Crippen LogP contribution in [0.5, 0.6) is 0 Å². The predicted molar refractivity (Wildman–Crippen MR) is 97.9 cm³/mol. The van der Waals surface area contributed by atoms with Crippen LogP contribution in [0.25, 0.3) is 5.69 Å². The molecule has 2 heterocycles. The quantitative estimate of drug-likeness (QED) is 0.908. The van der Waals surface area contributed by atoms with Crippen LogP contribution in [-0.2, 0) is 0 Å². The molecule has 0 bridgehead atoms. The second-order valence-electron chi connectivity index (χ2n) is 6.67. The summed E-state index contributed by atoms with van der Waals surface area (Å²) in [5.41, 5.74) is 2.49. The fourth-order valence-electron chi connectivity index (χ4n) is 3.43. The van der Waals surface area contributed by atoms with E-state index in [1.807, 2.05) is 25.1 Å². The smallest absolute Gasteiger partial charge is 0.256 e. The first-order valence-corrected chi connectivity index (χ1v) is 9.19. The van der Waals surface area contributed by atoms with Gasteiger partial charge in [0, 0.05) is 19.1 Å². The Hall–Kier alpha value is -2.21. The van der Waals surface area contributed by atoms with Gasteiger partial charge in [0.05, 0.1) is 23.6 Å². The first-order chi connectivity index (χ1) is 12.2. The van der Waals surface area contributed by atoms with Crippen LogP contribution in [0.15, 0.2) is 30.6 Å². The molecular weight excluding hydrogens is 314 g/mol. The van der Waals surface area contributed by atoms with Gasteiger partial charge in [-0.2, -0.15) is 15.0 Å². The third-order valence-electron chi connectivity index (χ3n) is 4.79. The Kier molecular flexibility index (Phi) is 5.81. The maximum absolute atomic E-state index is 13.4. The molecule has 1 aliphatic rings. The second kappa shape index (κ2) is 8.25. The Bertz CT molecular complexity index is 698. The van der Waals surface area contributed by atoms with E-state index >= 15 is 0 Å². The van der Waals surface area contributed by atoms with Crippen LogP contribution >= 0.6 is 0 Å². The van der Waals surface area contributed by atoms with E-state index in [-0.39, 0.29) is 5.91 Å². The van der Waals surface area contributed by atoms with Crippen molar-refractivity contribution in [1.82, 2.24) is 25.2 Å². The lowest BCUT2D eigenvalue weighted by Gasteiger charge is -2.30. The molecule has 1 aliphatic heterocycles. The second-order valence-corrected chi connectivity index (χ2v) is 6.67. The van der Waals surface area contributed by atoms with E-state index in [1.54, 1.807) is 12.4 Å². The number of carbonyl (C=O) groups excluding carboxylic acids is 1. The molecule has 1 N–H and O–H groups in total. The number of benzene rings is 1. The predicted octanol–water partition coefficient (Wildman–Crippen LogP) is 2.57. The van der Waals surface area contributed by atoms with Crippen LogP contribution < -0.4 is 5.32 Å². The lowest BCUT2D eigenvalue weighted by molar-refractivity contribution is 0.0678. The lowest BCUT2D eigenvalue weighted by Crippen LogP contribution is -2.41. The fourth-order valence-corrected chi connectivity index (χ4v) is 3.43. The van der Waals surface area contributed by atoms with Crippen LogP contribution in [0, 0.1) is 6.92 Å². The van der Waals surface area contributed by atoms with Gasteiger partial charge in [0.2, 0.25) is 0 Å². The van der Waals surface area contributed by atoms with E-state index in [0.717, 1.165) is 56.6 Å². The molecule has 2 aromatic rings. The van der Waals surface area contributed by atoms with Crippen molar-refractivity contribution in [2.75, 3.05) is 19.6 Å². The number of nitrogens with zero attached hydrogens (tertiary/aromatic N) is 4. The van der Waals surface area contributed by atoms with Gasteiger partial charge < -0.3 is 10.2 Å². The zero-order valence-corrected chi connectivity index (χ0v) is 15.1. The molecule has 0 spiro atoms. The number of rotatable bonds is 5. The highest BCUT2D eigenvalue weighted by Gasteiger charge is 2.28. The van der Waals surface area contributed by atoms with Crippen LogP contribution in [0.1, 0.15) is 48.5 Å². The zero-order chi connectivity index (χ0) is 17.6. The number of nitrogens with one attached hydrogen (secondary N) is 1. The van der Waals surface area contributed by atoms with Crippen molar-refractivity contribution in [2.45, 2.75) is 45.6 Å². The lowest BCUT2D eigenvalue weighted by atomic mass is 10.0. The van der Waals surface area contributed by atoms with Crippen LogP contribution in [0.4, 0.5) is 0 Å². The van der Waals surface area contributed by atoms with Gasteiger partial charge in [-0.25, -0.2) is 0 Å². The first kappa shape index (κ1) is 17.6. The van der Waals surface area contributed by atoms with Gasteiger partial charge in [-0.1, -0.05) is 31.4 Å². The van der Waals surface area contributed by atoms with Gasteiger partial charge >= 0.3 is 0 Å². The highest BCUT2D eigenvalue weighted by atomic mass is 16.2. The monoisotopic (exact) mass is 341 g/mol. The molecule has 1 atom stereocenters. The minimum Gasteiger partial charge on any atom is -0.334 e. The van der Waals surface area contributed by atoms with E-state index in [0.29, 0.717) is 11.6 Å². The largest absolute Gasteiger partial charge is 0.334 e. The minimum absolute atomic E-state index is 0.0841. The normalized spacial score (nSPS) is 18.2. The fraction of sp³-hybridized carbons (Fsp3) is 0.526. The van der Waals surface area contributed by atoms with E-state index in [2.05, 4.69) is 27.3 Å². The Morgan fingerprint density at radius 1 is 1.28 bits per heavy atom. The number of hydrogen-bond donors (Lipinski definition) is 1. The summed E-state index contributed by atoms with van der Waals surface area (Å²) in [6.45, 7) is 6.76. The summed E-state index contributed by atoms with van der Waals surface area (Å²) in [4.78, 5) is 17.0. The van der Waals surface area contributed by atoms with Crippen molar-refractivity contribution in [3.63, 3.8) is 0 Å². The van der Waals surface area contributed by atoms with Crippen LogP contribution in [-0.4, -0.2) is 51.5 Å². The molecule has 6 nitrogen and oxygen atoms in total. The summed E-state index contributed by atoms with van der Waals surface area (Å²) in [6, 6.07) is 6.17. The highest BCUT2D eigenvalue weighted by molar-refractivity contribution is 5.98. The third kappa shape index (κ3) is 4.07. The average Bonchev–Trinajstić information content (AvgIpc) is 3.05. The van der Waals surface area contributed by atoms with Crippen molar-refractivity contribution in [3.05, 3.63) is 41.7 Å². The number of amides is 1. The summed E-state index contributed by atoms with van der Waals surface area (Å²) in [5, 5.41) is 11.8. The molecule has 1 saturated heterocycles. The molecule has 0 aliphatic carbocycles. The molecular formula is C19H27N5O. The van der Waals surface area contributed by atoms with Gasteiger partial charge in [0.25, 0.3) is 5.91 Å². The standard InChI is InChI=1S/C19H27N5O/c1-3-4-5-16-8-9-20-12-13-23(16)19(25)17-14-15(2)6-7-18(17)24-21-10-11-22-24/h6-7,10-11,14,16,20H,3-5,8-9,12-13H2,1-2H3.